The van der Waals surface area contributed by atoms with Crippen molar-refractivity contribution in [3.05, 3.63) is 29.3 Å². The van der Waals surface area contributed by atoms with Crippen LogP contribution in [0.3, 0.4) is 0 Å². The van der Waals surface area contributed by atoms with E-state index >= 15 is 0 Å². The van der Waals surface area contributed by atoms with E-state index < -0.39 is 6.10 Å². The van der Waals surface area contributed by atoms with Crippen LogP contribution in [0.15, 0.2) is 18.2 Å². The monoisotopic (exact) mass is 287 g/mol. The van der Waals surface area contributed by atoms with Gasteiger partial charge in [-0.25, -0.2) is 0 Å². The van der Waals surface area contributed by atoms with Crippen molar-refractivity contribution in [2.24, 2.45) is 11.8 Å². The van der Waals surface area contributed by atoms with Gasteiger partial charge in [0, 0.05) is 6.04 Å². The molecule has 0 heterocycles. The van der Waals surface area contributed by atoms with E-state index in [9.17, 15) is 4.79 Å². The second kappa shape index (κ2) is 5.70. The number of carbonyl (C=O) groups excluding carboxylic acids is 1. The highest BCUT2D eigenvalue weighted by Gasteiger charge is 2.40. The highest BCUT2D eigenvalue weighted by Crippen LogP contribution is 2.44. The zero-order chi connectivity index (χ0) is 15.0. The predicted octanol–water partition coefficient (Wildman–Crippen LogP) is 3.38. The van der Waals surface area contributed by atoms with Gasteiger partial charge in [-0.1, -0.05) is 18.6 Å². The maximum Gasteiger partial charge on any atom is 0.261 e. The SMILES string of the molecule is Cc1cccc(OC(C)C(=O)NC2CC3CCC2C3)c1C. The van der Waals surface area contributed by atoms with Gasteiger partial charge < -0.3 is 10.1 Å². The summed E-state index contributed by atoms with van der Waals surface area (Å²) in [6.07, 6.45) is 4.65. The molecular weight excluding hydrogens is 262 g/mol. The smallest absolute Gasteiger partial charge is 0.261 e. The van der Waals surface area contributed by atoms with Gasteiger partial charge in [-0.05, 0) is 69.1 Å². The maximum absolute atomic E-state index is 12.3. The molecule has 2 fully saturated rings. The zero-order valence-electron chi connectivity index (χ0n) is 13.2. The van der Waals surface area contributed by atoms with E-state index in [0.29, 0.717) is 12.0 Å². The number of hydrogen-bond acceptors (Lipinski definition) is 2. The Labute approximate surface area is 127 Å². The number of aryl methyl sites for hydroxylation is 1. The largest absolute Gasteiger partial charge is 0.481 e. The molecule has 0 radical (unpaired) electrons. The molecule has 21 heavy (non-hydrogen) atoms. The highest BCUT2D eigenvalue weighted by molar-refractivity contribution is 5.81. The third-order valence-corrected chi connectivity index (χ3v) is 5.29. The molecule has 114 valence electrons. The first-order valence-electron chi connectivity index (χ1n) is 8.08. The molecule has 1 amide bonds. The van der Waals surface area contributed by atoms with Crippen molar-refractivity contribution in [2.45, 2.75) is 58.6 Å². The number of benzene rings is 1. The van der Waals surface area contributed by atoms with E-state index in [1.807, 2.05) is 26.0 Å². The fourth-order valence-corrected chi connectivity index (χ4v) is 3.82. The van der Waals surface area contributed by atoms with Crippen molar-refractivity contribution >= 4 is 5.91 Å². The summed E-state index contributed by atoms with van der Waals surface area (Å²) >= 11 is 0. The topological polar surface area (TPSA) is 38.3 Å². The van der Waals surface area contributed by atoms with Crippen molar-refractivity contribution in [1.29, 1.82) is 0 Å². The first-order valence-corrected chi connectivity index (χ1v) is 8.08. The Morgan fingerprint density at radius 1 is 1.29 bits per heavy atom. The summed E-state index contributed by atoms with van der Waals surface area (Å²) in [6.45, 7) is 5.93. The Bertz CT molecular complexity index is 540. The van der Waals surface area contributed by atoms with Crippen LogP contribution in [0, 0.1) is 25.7 Å². The van der Waals surface area contributed by atoms with Crippen LogP contribution in [0.5, 0.6) is 5.75 Å². The van der Waals surface area contributed by atoms with Crippen LogP contribution in [0.25, 0.3) is 0 Å². The van der Waals surface area contributed by atoms with E-state index in [-0.39, 0.29) is 5.91 Å². The van der Waals surface area contributed by atoms with Gasteiger partial charge in [-0.15, -0.1) is 0 Å². The number of ether oxygens (including phenoxy) is 1. The molecule has 4 unspecified atom stereocenters. The first kappa shape index (κ1) is 14.4. The number of nitrogens with one attached hydrogen (secondary N) is 1. The van der Waals surface area contributed by atoms with Gasteiger partial charge in [0.05, 0.1) is 0 Å². The van der Waals surface area contributed by atoms with Crippen LogP contribution in [0.1, 0.15) is 43.7 Å². The van der Waals surface area contributed by atoms with Gasteiger partial charge in [0.25, 0.3) is 5.91 Å². The van der Waals surface area contributed by atoms with Gasteiger partial charge in [0.1, 0.15) is 5.75 Å². The van der Waals surface area contributed by atoms with Gasteiger partial charge in [-0.2, -0.15) is 0 Å². The molecule has 0 aliphatic heterocycles. The van der Waals surface area contributed by atoms with Gasteiger partial charge in [-0.3, -0.25) is 4.79 Å². The third kappa shape index (κ3) is 2.92. The lowest BCUT2D eigenvalue weighted by molar-refractivity contribution is -0.128. The van der Waals surface area contributed by atoms with E-state index in [4.69, 9.17) is 4.74 Å². The fourth-order valence-electron chi connectivity index (χ4n) is 3.82. The number of amides is 1. The summed E-state index contributed by atoms with van der Waals surface area (Å²) in [5.74, 6) is 2.38. The molecule has 0 aromatic heterocycles. The molecule has 3 nitrogen and oxygen atoms in total. The Morgan fingerprint density at radius 2 is 2.10 bits per heavy atom. The van der Waals surface area contributed by atoms with Crippen molar-refractivity contribution in [3.8, 4) is 5.75 Å². The predicted molar refractivity (Wildman–Crippen MR) is 83.4 cm³/mol. The molecule has 1 N–H and O–H groups in total. The van der Waals surface area contributed by atoms with Crippen molar-refractivity contribution < 1.29 is 9.53 Å². The minimum atomic E-state index is -0.440. The molecule has 2 saturated carbocycles. The number of carbonyl (C=O) groups is 1. The average molecular weight is 287 g/mol. The lowest BCUT2D eigenvalue weighted by Crippen LogP contribution is -2.44. The van der Waals surface area contributed by atoms with E-state index in [2.05, 4.69) is 18.3 Å². The minimum absolute atomic E-state index is 0.0217. The Balaban J connectivity index is 1.58. The number of fused-ring (bicyclic) bond motifs is 2. The minimum Gasteiger partial charge on any atom is -0.481 e. The highest BCUT2D eigenvalue weighted by atomic mass is 16.5. The van der Waals surface area contributed by atoms with Crippen LogP contribution in [0.4, 0.5) is 0 Å². The lowest BCUT2D eigenvalue weighted by Gasteiger charge is -2.25. The molecular formula is C18H25NO2. The van der Waals surface area contributed by atoms with Crippen molar-refractivity contribution in [3.63, 3.8) is 0 Å². The molecule has 2 aliphatic carbocycles. The van der Waals surface area contributed by atoms with E-state index in [0.717, 1.165) is 23.7 Å². The van der Waals surface area contributed by atoms with Crippen LogP contribution in [0.2, 0.25) is 0 Å². The maximum atomic E-state index is 12.3. The molecule has 1 aromatic rings. The Hall–Kier alpha value is -1.51. The Morgan fingerprint density at radius 3 is 2.76 bits per heavy atom. The normalized spacial score (nSPS) is 28.4. The van der Waals surface area contributed by atoms with Crippen LogP contribution >= 0.6 is 0 Å². The summed E-state index contributed by atoms with van der Waals surface area (Å²) < 4.78 is 5.87. The summed E-state index contributed by atoms with van der Waals surface area (Å²) in [4.78, 5) is 12.3. The average Bonchev–Trinajstić information content (AvgIpc) is 3.06. The van der Waals surface area contributed by atoms with Gasteiger partial charge in [0.15, 0.2) is 6.10 Å². The number of rotatable bonds is 4. The lowest BCUT2D eigenvalue weighted by atomic mass is 9.95. The molecule has 2 bridgehead atoms. The van der Waals surface area contributed by atoms with Crippen LogP contribution in [-0.4, -0.2) is 18.1 Å². The molecule has 0 saturated heterocycles. The van der Waals surface area contributed by atoms with E-state index in [1.54, 1.807) is 0 Å². The van der Waals surface area contributed by atoms with Crippen LogP contribution in [-0.2, 0) is 4.79 Å². The van der Waals surface area contributed by atoms with Crippen molar-refractivity contribution in [2.75, 3.05) is 0 Å². The molecule has 3 rings (SSSR count). The van der Waals surface area contributed by atoms with Crippen LogP contribution < -0.4 is 10.1 Å². The summed E-state index contributed by atoms with van der Waals surface area (Å²) in [6, 6.07) is 6.34. The molecule has 3 heteroatoms. The molecule has 4 atom stereocenters. The summed E-state index contributed by atoms with van der Waals surface area (Å²) in [7, 11) is 0. The molecule has 1 aromatic carbocycles. The Kier molecular flexibility index (Phi) is 3.92. The number of hydrogen-bond donors (Lipinski definition) is 1. The second-order valence-corrected chi connectivity index (χ2v) is 6.75. The van der Waals surface area contributed by atoms with Gasteiger partial charge in [0.2, 0.25) is 0 Å². The zero-order valence-corrected chi connectivity index (χ0v) is 13.2. The summed E-state index contributed by atoms with van der Waals surface area (Å²) in [5.41, 5.74) is 2.30. The first-order chi connectivity index (χ1) is 10.0. The van der Waals surface area contributed by atoms with Crippen molar-refractivity contribution in [1.82, 2.24) is 5.32 Å². The fraction of sp³-hybridized carbons (Fsp3) is 0.611. The second-order valence-electron chi connectivity index (χ2n) is 6.75. The quantitative estimate of drug-likeness (QED) is 0.922. The summed E-state index contributed by atoms with van der Waals surface area (Å²) in [5, 5.41) is 3.20. The molecule has 2 aliphatic rings. The molecule has 0 spiro atoms. The third-order valence-electron chi connectivity index (χ3n) is 5.29. The van der Waals surface area contributed by atoms with Gasteiger partial charge >= 0.3 is 0 Å². The van der Waals surface area contributed by atoms with E-state index in [1.165, 1.54) is 24.8 Å². The standard InChI is InChI=1S/C18H25NO2/c1-11-5-4-6-17(12(11)2)21-13(3)18(20)19-16-10-14-7-8-15(16)9-14/h4-6,13-16H,7-10H2,1-3H3,(H,19,20).